The fourth-order valence-corrected chi connectivity index (χ4v) is 1.71. The van der Waals surface area contributed by atoms with Crippen LogP contribution < -0.4 is 11.1 Å². The Balaban J connectivity index is 2.95. The quantitative estimate of drug-likeness (QED) is 0.792. The topological polar surface area (TPSA) is 47.3 Å². The third-order valence-electron chi connectivity index (χ3n) is 2.94. The summed E-state index contributed by atoms with van der Waals surface area (Å²) in [4.78, 5) is 0. The summed E-state index contributed by atoms with van der Waals surface area (Å²) in [6, 6.07) is 1.86. The van der Waals surface area contributed by atoms with Crippen molar-refractivity contribution in [1.29, 1.82) is 0 Å². The highest BCUT2D eigenvalue weighted by atomic mass is 19.4. The second-order valence-corrected chi connectivity index (χ2v) is 4.51. The summed E-state index contributed by atoms with van der Waals surface area (Å²) in [7, 11) is 1.52. The Labute approximate surface area is 115 Å². The van der Waals surface area contributed by atoms with Crippen molar-refractivity contribution in [2.75, 3.05) is 20.2 Å². The molecule has 0 aromatic heterocycles. The zero-order valence-electron chi connectivity index (χ0n) is 11.3. The number of hydrogen-bond donors (Lipinski definition) is 2. The zero-order chi connectivity index (χ0) is 15.3. The van der Waals surface area contributed by atoms with Gasteiger partial charge in [-0.3, -0.25) is 0 Å². The molecule has 0 heterocycles. The average Bonchev–Trinajstić information content (AvgIpc) is 2.37. The van der Waals surface area contributed by atoms with Gasteiger partial charge in [-0.25, -0.2) is 4.39 Å². The van der Waals surface area contributed by atoms with Crippen molar-refractivity contribution >= 4 is 0 Å². The third kappa shape index (κ3) is 4.73. The van der Waals surface area contributed by atoms with Crippen LogP contribution in [-0.2, 0) is 10.9 Å². The highest BCUT2D eigenvalue weighted by molar-refractivity contribution is 5.29. The molecule has 2 unspecified atom stereocenters. The molecule has 0 aliphatic carbocycles. The van der Waals surface area contributed by atoms with Crippen LogP contribution in [0.3, 0.4) is 0 Å². The molecule has 0 aliphatic heterocycles. The summed E-state index contributed by atoms with van der Waals surface area (Å²) < 4.78 is 56.3. The Morgan fingerprint density at radius 2 is 1.95 bits per heavy atom. The number of methoxy groups -OCH3 is 1. The second-order valence-electron chi connectivity index (χ2n) is 4.51. The molecule has 0 saturated carbocycles. The van der Waals surface area contributed by atoms with Crippen molar-refractivity contribution in [3.8, 4) is 0 Å². The molecule has 3 N–H and O–H groups in total. The second kappa shape index (κ2) is 7.01. The standard InChI is InChI=1S/C13H18F4N2O/c1-8(20-2)7-19-12(6-18)9-3-10(13(15,16)17)5-11(14)4-9/h3-5,8,12,19H,6-7,18H2,1-2H3. The van der Waals surface area contributed by atoms with Gasteiger partial charge in [0.15, 0.2) is 0 Å². The molecular weight excluding hydrogens is 276 g/mol. The first kappa shape index (κ1) is 16.9. The number of ether oxygens (including phenoxy) is 1. The number of nitrogens with two attached hydrogens (primary N) is 1. The summed E-state index contributed by atoms with van der Waals surface area (Å²) in [6.45, 7) is 2.25. The predicted octanol–water partition coefficient (Wildman–Crippen LogP) is 2.47. The Hall–Kier alpha value is -1.18. The smallest absolute Gasteiger partial charge is 0.380 e. The van der Waals surface area contributed by atoms with Crippen LogP contribution in [0.15, 0.2) is 18.2 Å². The SMILES string of the molecule is COC(C)CNC(CN)c1cc(F)cc(C(F)(F)F)c1. The van der Waals surface area contributed by atoms with Gasteiger partial charge in [0.25, 0.3) is 0 Å². The van der Waals surface area contributed by atoms with Gasteiger partial charge >= 0.3 is 6.18 Å². The number of nitrogens with one attached hydrogen (secondary N) is 1. The van der Waals surface area contributed by atoms with Crippen molar-refractivity contribution < 1.29 is 22.3 Å². The van der Waals surface area contributed by atoms with E-state index in [-0.39, 0.29) is 18.2 Å². The summed E-state index contributed by atoms with van der Waals surface area (Å²) in [6.07, 6.45) is -4.71. The maximum absolute atomic E-state index is 13.3. The lowest BCUT2D eigenvalue weighted by Crippen LogP contribution is -2.34. The van der Waals surface area contributed by atoms with Crippen molar-refractivity contribution in [2.45, 2.75) is 25.2 Å². The molecule has 0 amide bonds. The first-order valence-electron chi connectivity index (χ1n) is 6.11. The molecule has 20 heavy (non-hydrogen) atoms. The minimum Gasteiger partial charge on any atom is -0.380 e. The molecular formula is C13H18F4N2O. The predicted molar refractivity (Wildman–Crippen MR) is 67.7 cm³/mol. The van der Waals surface area contributed by atoms with E-state index >= 15 is 0 Å². The van der Waals surface area contributed by atoms with Crippen LogP contribution in [0, 0.1) is 5.82 Å². The molecule has 0 spiro atoms. The van der Waals surface area contributed by atoms with Crippen molar-refractivity contribution in [1.82, 2.24) is 5.32 Å². The summed E-state index contributed by atoms with van der Waals surface area (Å²) >= 11 is 0. The molecule has 0 fully saturated rings. The van der Waals surface area contributed by atoms with Gasteiger partial charge < -0.3 is 15.8 Å². The van der Waals surface area contributed by atoms with Gasteiger partial charge in [-0.1, -0.05) is 0 Å². The number of alkyl halides is 3. The maximum atomic E-state index is 13.3. The van der Waals surface area contributed by atoms with Crippen molar-refractivity contribution in [3.63, 3.8) is 0 Å². The van der Waals surface area contributed by atoms with Gasteiger partial charge in [-0.15, -0.1) is 0 Å². The molecule has 1 aromatic rings. The van der Waals surface area contributed by atoms with Gasteiger partial charge in [0.1, 0.15) is 5.82 Å². The van der Waals surface area contributed by atoms with Gasteiger partial charge in [0.2, 0.25) is 0 Å². The molecule has 114 valence electrons. The van der Waals surface area contributed by atoms with E-state index in [0.29, 0.717) is 12.6 Å². The summed E-state index contributed by atoms with van der Waals surface area (Å²) in [5.41, 5.74) is 4.68. The summed E-state index contributed by atoms with van der Waals surface area (Å²) in [5, 5.41) is 2.96. The first-order valence-corrected chi connectivity index (χ1v) is 6.11. The van der Waals surface area contributed by atoms with Gasteiger partial charge in [0.05, 0.1) is 11.7 Å². The molecule has 3 nitrogen and oxygen atoms in total. The van der Waals surface area contributed by atoms with E-state index in [1.165, 1.54) is 7.11 Å². The molecule has 1 rings (SSSR count). The summed E-state index contributed by atoms with van der Waals surface area (Å²) in [5.74, 6) is -0.935. The normalized spacial score (nSPS) is 15.2. The Morgan fingerprint density at radius 3 is 2.45 bits per heavy atom. The number of rotatable bonds is 6. The van der Waals surface area contributed by atoms with Crippen LogP contribution in [0.2, 0.25) is 0 Å². The van der Waals surface area contributed by atoms with Gasteiger partial charge in [-0.05, 0) is 30.7 Å². The van der Waals surface area contributed by atoms with E-state index in [9.17, 15) is 17.6 Å². The minimum atomic E-state index is -4.59. The lowest BCUT2D eigenvalue weighted by atomic mass is 10.0. The fourth-order valence-electron chi connectivity index (χ4n) is 1.71. The molecule has 1 aromatic carbocycles. The number of hydrogen-bond acceptors (Lipinski definition) is 3. The van der Waals surface area contributed by atoms with Crippen LogP contribution in [0.25, 0.3) is 0 Å². The number of benzene rings is 1. The van der Waals surface area contributed by atoms with E-state index in [2.05, 4.69) is 5.32 Å². The maximum Gasteiger partial charge on any atom is 0.416 e. The highest BCUT2D eigenvalue weighted by Gasteiger charge is 2.32. The third-order valence-corrected chi connectivity index (χ3v) is 2.94. The molecule has 0 radical (unpaired) electrons. The van der Waals surface area contributed by atoms with Crippen molar-refractivity contribution in [3.05, 3.63) is 35.1 Å². The van der Waals surface area contributed by atoms with Crippen LogP contribution in [0.5, 0.6) is 0 Å². The average molecular weight is 294 g/mol. The van der Waals surface area contributed by atoms with E-state index in [0.717, 1.165) is 12.1 Å². The van der Waals surface area contributed by atoms with Gasteiger partial charge in [0, 0.05) is 26.2 Å². The van der Waals surface area contributed by atoms with Crippen LogP contribution in [0.1, 0.15) is 24.1 Å². The van der Waals surface area contributed by atoms with Crippen molar-refractivity contribution in [2.24, 2.45) is 5.73 Å². The van der Waals surface area contributed by atoms with Gasteiger partial charge in [-0.2, -0.15) is 13.2 Å². The lowest BCUT2D eigenvalue weighted by Gasteiger charge is -2.21. The van der Waals surface area contributed by atoms with E-state index < -0.39 is 23.6 Å². The van der Waals surface area contributed by atoms with Crippen LogP contribution >= 0.6 is 0 Å². The molecule has 0 bridgehead atoms. The molecule has 2 atom stereocenters. The highest BCUT2D eigenvalue weighted by Crippen LogP contribution is 2.31. The van der Waals surface area contributed by atoms with E-state index in [1.54, 1.807) is 6.92 Å². The van der Waals surface area contributed by atoms with Crippen LogP contribution in [0.4, 0.5) is 17.6 Å². The monoisotopic (exact) mass is 294 g/mol. The van der Waals surface area contributed by atoms with E-state index in [1.807, 2.05) is 0 Å². The zero-order valence-corrected chi connectivity index (χ0v) is 11.3. The Kier molecular flexibility index (Phi) is 5.91. The fraction of sp³-hybridized carbons (Fsp3) is 0.538. The minimum absolute atomic E-state index is 0.0528. The lowest BCUT2D eigenvalue weighted by molar-refractivity contribution is -0.137. The molecule has 7 heteroatoms. The Bertz CT molecular complexity index is 437. The number of halogens is 4. The first-order chi connectivity index (χ1) is 9.27. The molecule has 0 aliphatic rings. The van der Waals surface area contributed by atoms with Crippen LogP contribution in [-0.4, -0.2) is 26.3 Å². The largest absolute Gasteiger partial charge is 0.416 e. The molecule has 0 saturated heterocycles. The van der Waals surface area contributed by atoms with E-state index in [4.69, 9.17) is 10.5 Å². The Morgan fingerprint density at radius 1 is 1.30 bits per heavy atom.